The van der Waals surface area contributed by atoms with Crippen molar-refractivity contribution in [3.05, 3.63) is 70.8 Å². The molecule has 7 heteroatoms. The number of carbonyl (C=O) groups is 3. The van der Waals surface area contributed by atoms with E-state index in [1.807, 2.05) is 41.3 Å². The molecule has 2 saturated heterocycles. The van der Waals surface area contributed by atoms with E-state index < -0.39 is 17.9 Å². The van der Waals surface area contributed by atoms with Crippen LogP contribution in [0.4, 0.5) is 5.69 Å². The number of benzene rings is 2. The number of fused-ring (bicyclic) bond motifs is 5. The fourth-order valence-corrected chi connectivity index (χ4v) is 5.37. The van der Waals surface area contributed by atoms with Gasteiger partial charge in [-0.3, -0.25) is 19.3 Å². The van der Waals surface area contributed by atoms with Crippen LogP contribution < -0.4 is 4.90 Å². The summed E-state index contributed by atoms with van der Waals surface area (Å²) in [6.45, 7) is 0.760. The molecule has 0 spiro atoms. The standard InChI is InChI=1S/C25H23ClN2O4/c1-32-14-4-13-27-24(30)20-19-12-9-15-5-2-3-6-18(15)28(19)22(21(20)25(27)31)23(29)16-7-10-17(26)11-8-16/h2-3,5-12,19-22H,4,13-14H2,1H3. The number of para-hydroxylation sites is 1. The zero-order valence-corrected chi connectivity index (χ0v) is 18.4. The number of halogens is 1. The van der Waals surface area contributed by atoms with Crippen molar-refractivity contribution in [2.75, 3.05) is 25.2 Å². The predicted molar refractivity (Wildman–Crippen MR) is 122 cm³/mol. The van der Waals surface area contributed by atoms with Crippen molar-refractivity contribution in [2.45, 2.75) is 18.5 Å². The molecule has 3 aliphatic rings. The number of ether oxygens (including phenoxy) is 1. The van der Waals surface area contributed by atoms with Gasteiger partial charge in [-0.15, -0.1) is 0 Å². The molecule has 164 valence electrons. The van der Waals surface area contributed by atoms with E-state index in [1.165, 1.54) is 4.90 Å². The smallest absolute Gasteiger partial charge is 0.235 e. The largest absolute Gasteiger partial charge is 0.385 e. The van der Waals surface area contributed by atoms with E-state index in [1.54, 1.807) is 31.4 Å². The molecule has 3 aliphatic heterocycles. The third-order valence-electron chi connectivity index (χ3n) is 6.63. The number of amides is 2. The van der Waals surface area contributed by atoms with Crippen molar-refractivity contribution >= 4 is 41.0 Å². The third-order valence-corrected chi connectivity index (χ3v) is 6.89. The van der Waals surface area contributed by atoms with Crippen molar-refractivity contribution in [2.24, 2.45) is 11.8 Å². The average molecular weight is 451 g/mol. The van der Waals surface area contributed by atoms with E-state index in [-0.39, 0.29) is 23.6 Å². The zero-order chi connectivity index (χ0) is 22.4. The third kappa shape index (κ3) is 3.17. The minimum atomic E-state index is -0.763. The molecule has 0 aromatic heterocycles. The maximum absolute atomic E-state index is 13.8. The highest BCUT2D eigenvalue weighted by Crippen LogP contribution is 2.49. The van der Waals surface area contributed by atoms with Crippen molar-refractivity contribution in [1.82, 2.24) is 4.90 Å². The van der Waals surface area contributed by atoms with Crippen LogP contribution in [0.2, 0.25) is 5.02 Å². The second-order valence-corrected chi connectivity index (χ2v) is 8.79. The van der Waals surface area contributed by atoms with E-state index in [0.717, 1.165) is 11.3 Å². The van der Waals surface area contributed by atoms with Gasteiger partial charge in [-0.2, -0.15) is 0 Å². The molecule has 5 rings (SSSR count). The maximum atomic E-state index is 13.8. The summed E-state index contributed by atoms with van der Waals surface area (Å²) < 4.78 is 5.08. The number of hydrogen-bond donors (Lipinski definition) is 0. The van der Waals surface area contributed by atoms with Crippen molar-refractivity contribution < 1.29 is 19.1 Å². The van der Waals surface area contributed by atoms with Crippen LogP contribution in [-0.4, -0.2) is 54.8 Å². The van der Waals surface area contributed by atoms with Crippen molar-refractivity contribution in [3.63, 3.8) is 0 Å². The Labute approximate surface area is 191 Å². The first kappa shape index (κ1) is 20.9. The average Bonchev–Trinajstić information content (AvgIpc) is 3.28. The minimum Gasteiger partial charge on any atom is -0.385 e. The highest BCUT2D eigenvalue weighted by molar-refractivity contribution is 6.30. The lowest BCUT2D eigenvalue weighted by atomic mass is 9.86. The summed E-state index contributed by atoms with van der Waals surface area (Å²) in [5.41, 5.74) is 2.31. The lowest BCUT2D eigenvalue weighted by Gasteiger charge is -2.36. The summed E-state index contributed by atoms with van der Waals surface area (Å²) in [5, 5.41) is 0.534. The molecular formula is C25H23ClN2O4. The van der Waals surface area contributed by atoms with Gasteiger partial charge >= 0.3 is 0 Å². The first-order chi connectivity index (χ1) is 15.5. The first-order valence-corrected chi connectivity index (χ1v) is 11.1. The summed E-state index contributed by atoms with van der Waals surface area (Å²) in [7, 11) is 1.59. The monoisotopic (exact) mass is 450 g/mol. The van der Waals surface area contributed by atoms with Crippen LogP contribution in [-0.2, 0) is 14.3 Å². The van der Waals surface area contributed by atoms with Gasteiger partial charge in [0.1, 0.15) is 6.04 Å². The summed E-state index contributed by atoms with van der Waals surface area (Å²) in [6.07, 6.45) is 4.50. The molecule has 3 heterocycles. The summed E-state index contributed by atoms with van der Waals surface area (Å²) in [5.74, 6) is -1.97. The molecule has 2 amide bonds. The number of carbonyl (C=O) groups excluding carboxylic acids is 3. The Morgan fingerprint density at radius 1 is 1.03 bits per heavy atom. The Bertz CT molecular complexity index is 1110. The lowest BCUT2D eigenvalue weighted by molar-refractivity contribution is -0.140. The van der Waals surface area contributed by atoms with Crippen LogP contribution in [0.1, 0.15) is 22.3 Å². The molecule has 0 N–H and O–H groups in total. The van der Waals surface area contributed by atoms with E-state index in [2.05, 4.69) is 0 Å². The van der Waals surface area contributed by atoms with Gasteiger partial charge in [-0.05, 0) is 42.3 Å². The van der Waals surface area contributed by atoms with Gasteiger partial charge in [0.05, 0.1) is 17.9 Å². The Morgan fingerprint density at radius 3 is 2.50 bits per heavy atom. The summed E-state index contributed by atoms with van der Waals surface area (Å²) in [4.78, 5) is 43.9. The van der Waals surface area contributed by atoms with Crippen LogP contribution in [0.3, 0.4) is 0 Å². The van der Waals surface area contributed by atoms with E-state index >= 15 is 0 Å². The second-order valence-electron chi connectivity index (χ2n) is 8.36. The van der Waals surface area contributed by atoms with Gasteiger partial charge in [0, 0.05) is 36.5 Å². The van der Waals surface area contributed by atoms with Gasteiger partial charge in [-0.25, -0.2) is 0 Å². The SMILES string of the molecule is COCCCN1C(=O)C2C(C1=O)C(C(=O)c1ccc(Cl)cc1)N1c3ccccc3C=CC21. The van der Waals surface area contributed by atoms with Crippen molar-refractivity contribution in [1.29, 1.82) is 0 Å². The first-order valence-electron chi connectivity index (χ1n) is 10.7. The molecule has 32 heavy (non-hydrogen) atoms. The number of likely N-dealkylation sites (tertiary alicyclic amines) is 1. The van der Waals surface area contributed by atoms with Crippen LogP contribution in [0.25, 0.3) is 6.08 Å². The molecule has 2 aromatic rings. The van der Waals surface area contributed by atoms with Gasteiger partial charge < -0.3 is 9.64 Å². The van der Waals surface area contributed by atoms with Gasteiger partial charge in [0.25, 0.3) is 0 Å². The molecular weight excluding hydrogens is 428 g/mol. The molecule has 2 aromatic carbocycles. The maximum Gasteiger partial charge on any atom is 0.235 e. The Morgan fingerprint density at radius 2 is 1.75 bits per heavy atom. The normalized spacial score (nSPS) is 25.7. The van der Waals surface area contributed by atoms with Crippen LogP contribution in [0.15, 0.2) is 54.6 Å². The van der Waals surface area contributed by atoms with E-state index in [4.69, 9.17) is 16.3 Å². The molecule has 4 unspecified atom stereocenters. The highest BCUT2D eigenvalue weighted by Gasteiger charge is 2.63. The molecule has 4 atom stereocenters. The summed E-state index contributed by atoms with van der Waals surface area (Å²) in [6, 6.07) is 13.3. The van der Waals surface area contributed by atoms with Crippen molar-refractivity contribution in [3.8, 4) is 0 Å². The lowest BCUT2D eigenvalue weighted by Crippen LogP contribution is -2.48. The Hall–Kier alpha value is -2.96. The number of methoxy groups -OCH3 is 1. The topological polar surface area (TPSA) is 66.9 Å². The van der Waals surface area contributed by atoms with Gasteiger partial charge in [0.2, 0.25) is 11.8 Å². The number of hydrogen-bond acceptors (Lipinski definition) is 5. The quantitative estimate of drug-likeness (QED) is 0.383. The highest BCUT2D eigenvalue weighted by atomic mass is 35.5. The molecule has 0 radical (unpaired) electrons. The Kier molecular flexibility index (Phi) is 5.35. The predicted octanol–water partition coefficient (Wildman–Crippen LogP) is 3.44. The Balaban J connectivity index is 1.58. The fourth-order valence-electron chi connectivity index (χ4n) is 5.25. The number of Topliss-reactive ketones (excluding diaryl/α,β-unsaturated/α-hetero) is 1. The number of rotatable bonds is 6. The van der Waals surface area contributed by atoms with Gasteiger partial charge in [0.15, 0.2) is 5.78 Å². The van der Waals surface area contributed by atoms with Crippen LogP contribution >= 0.6 is 11.6 Å². The van der Waals surface area contributed by atoms with Gasteiger partial charge in [-0.1, -0.05) is 42.0 Å². The van der Waals surface area contributed by atoms with E-state index in [9.17, 15) is 14.4 Å². The minimum absolute atomic E-state index is 0.177. The van der Waals surface area contributed by atoms with Crippen LogP contribution in [0.5, 0.6) is 0 Å². The number of nitrogens with zero attached hydrogens (tertiary/aromatic N) is 2. The zero-order valence-electron chi connectivity index (χ0n) is 17.6. The second kappa shape index (κ2) is 8.19. The molecule has 0 saturated carbocycles. The fraction of sp³-hybridized carbons (Fsp3) is 0.320. The van der Waals surface area contributed by atoms with E-state index in [0.29, 0.717) is 30.2 Å². The van der Waals surface area contributed by atoms with Crippen LogP contribution in [0, 0.1) is 11.8 Å². The number of ketones is 1. The number of imide groups is 1. The summed E-state index contributed by atoms with van der Waals surface area (Å²) >= 11 is 6.02. The molecule has 2 fully saturated rings. The molecule has 6 nitrogen and oxygen atoms in total. The number of anilines is 1. The molecule has 0 bridgehead atoms. The molecule has 0 aliphatic carbocycles.